The molecule has 1 heterocycles. The van der Waals surface area contributed by atoms with Gasteiger partial charge in [-0.15, -0.1) is 0 Å². The predicted octanol–water partition coefficient (Wildman–Crippen LogP) is 4.08. The third kappa shape index (κ3) is 2.86. The Kier molecular flexibility index (Phi) is 3.94. The fraction of sp³-hybridized carbons (Fsp3) is 0.154. The van der Waals surface area contributed by atoms with E-state index >= 15 is 0 Å². The van der Waals surface area contributed by atoms with E-state index in [0.29, 0.717) is 10.0 Å². The van der Waals surface area contributed by atoms with Gasteiger partial charge in [0.1, 0.15) is 0 Å². The summed E-state index contributed by atoms with van der Waals surface area (Å²) in [6, 6.07) is 8.35. The van der Waals surface area contributed by atoms with E-state index in [1.165, 1.54) is 6.26 Å². The number of halogens is 2. The quantitative estimate of drug-likeness (QED) is 0.922. The molecule has 5 heteroatoms. The molecule has 18 heavy (non-hydrogen) atoms. The third-order valence-corrected chi connectivity index (χ3v) is 3.28. The smallest absolute Gasteiger partial charge is 0.287 e. The predicted molar refractivity (Wildman–Crippen MR) is 71.1 cm³/mol. The molecule has 0 aliphatic carbocycles. The Labute approximate surface area is 115 Å². The van der Waals surface area contributed by atoms with Crippen molar-refractivity contribution in [3.63, 3.8) is 0 Å². The van der Waals surface area contributed by atoms with E-state index in [4.69, 9.17) is 27.6 Å². The van der Waals surface area contributed by atoms with E-state index in [1.807, 2.05) is 13.0 Å². The van der Waals surface area contributed by atoms with Gasteiger partial charge in [-0.3, -0.25) is 4.79 Å². The highest BCUT2D eigenvalue weighted by Gasteiger charge is 2.14. The number of benzene rings is 1. The standard InChI is InChI=1S/C13H11Cl2NO2/c1-8(9-4-5-10(14)11(15)7-9)16-13(17)12-3-2-6-18-12/h2-8H,1H3,(H,16,17)/t8-/m1/s1. The van der Waals surface area contributed by atoms with Gasteiger partial charge < -0.3 is 9.73 Å². The van der Waals surface area contributed by atoms with Gasteiger partial charge in [-0.1, -0.05) is 29.3 Å². The lowest BCUT2D eigenvalue weighted by atomic mass is 10.1. The van der Waals surface area contributed by atoms with Crippen LogP contribution in [0.4, 0.5) is 0 Å². The van der Waals surface area contributed by atoms with Crippen LogP contribution in [-0.2, 0) is 0 Å². The van der Waals surface area contributed by atoms with Crippen LogP contribution < -0.4 is 5.32 Å². The maximum absolute atomic E-state index is 11.8. The van der Waals surface area contributed by atoms with Crippen LogP contribution in [-0.4, -0.2) is 5.91 Å². The van der Waals surface area contributed by atoms with E-state index in [2.05, 4.69) is 5.32 Å². The highest BCUT2D eigenvalue weighted by atomic mass is 35.5. The minimum absolute atomic E-state index is 0.183. The summed E-state index contributed by atoms with van der Waals surface area (Å²) in [5.74, 6) is 0.0143. The zero-order valence-corrected chi connectivity index (χ0v) is 11.1. The maximum atomic E-state index is 11.8. The lowest BCUT2D eigenvalue weighted by Crippen LogP contribution is -2.26. The molecule has 0 aliphatic rings. The topological polar surface area (TPSA) is 42.2 Å². The largest absolute Gasteiger partial charge is 0.459 e. The summed E-state index contributed by atoms with van der Waals surface area (Å²) in [4.78, 5) is 11.8. The van der Waals surface area contributed by atoms with Crippen molar-refractivity contribution >= 4 is 29.1 Å². The van der Waals surface area contributed by atoms with E-state index in [0.717, 1.165) is 5.56 Å². The molecule has 1 amide bonds. The summed E-state index contributed by atoms with van der Waals surface area (Å²) >= 11 is 11.8. The minimum Gasteiger partial charge on any atom is -0.459 e. The first kappa shape index (κ1) is 13.0. The zero-order valence-electron chi connectivity index (χ0n) is 9.61. The molecule has 0 aliphatic heterocycles. The second-order valence-electron chi connectivity index (χ2n) is 3.85. The van der Waals surface area contributed by atoms with Gasteiger partial charge in [-0.25, -0.2) is 0 Å². The van der Waals surface area contributed by atoms with Gasteiger partial charge in [0.15, 0.2) is 5.76 Å². The Hall–Kier alpha value is -1.45. The average Bonchev–Trinajstić information content (AvgIpc) is 2.86. The average molecular weight is 284 g/mol. The summed E-state index contributed by atoms with van der Waals surface area (Å²) < 4.78 is 5.02. The molecule has 1 aromatic heterocycles. The molecule has 2 rings (SSSR count). The van der Waals surface area contributed by atoms with Crippen LogP contribution >= 0.6 is 23.2 Å². The Morgan fingerprint density at radius 2 is 2.06 bits per heavy atom. The van der Waals surface area contributed by atoms with Crippen molar-refractivity contribution < 1.29 is 9.21 Å². The van der Waals surface area contributed by atoms with Gasteiger partial charge >= 0.3 is 0 Å². The molecular formula is C13H11Cl2NO2. The summed E-state index contributed by atoms with van der Waals surface area (Å²) in [6.07, 6.45) is 1.46. The van der Waals surface area contributed by atoms with Crippen LogP contribution in [0, 0.1) is 0 Å². The van der Waals surface area contributed by atoms with Crippen LogP contribution in [0.15, 0.2) is 41.0 Å². The lowest BCUT2D eigenvalue weighted by Gasteiger charge is -2.14. The molecule has 0 bridgehead atoms. The molecule has 0 unspecified atom stereocenters. The summed E-state index contributed by atoms with van der Waals surface area (Å²) in [7, 11) is 0. The lowest BCUT2D eigenvalue weighted by molar-refractivity contribution is 0.0912. The molecule has 0 fully saturated rings. The van der Waals surface area contributed by atoms with Gasteiger partial charge in [0, 0.05) is 0 Å². The Morgan fingerprint density at radius 1 is 1.28 bits per heavy atom. The number of furan rings is 1. The molecule has 0 saturated carbocycles. The molecule has 1 N–H and O–H groups in total. The first-order valence-electron chi connectivity index (χ1n) is 5.37. The Balaban J connectivity index is 2.10. The first-order valence-corrected chi connectivity index (χ1v) is 6.13. The van der Waals surface area contributed by atoms with Crippen molar-refractivity contribution in [2.45, 2.75) is 13.0 Å². The van der Waals surface area contributed by atoms with Crippen molar-refractivity contribution in [3.8, 4) is 0 Å². The van der Waals surface area contributed by atoms with Crippen molar-refractivity contribution in [2.75, 3.05) is 0 Å². The number of nitrogens with one attached hydrogen (secondary N) is 1. The third-order valence-electron chi connectivity index (χ3n) is 2.54. The normalized spacial score (nSPS) is 12.2. The molecule has 0 radical (unpaired) electrons. The van der Waals surface area contributed by atoms with Gasteiger partial charge in [-0.05, 0) is 36.8 Å². The fourth-order valence-electron chi connectivity index (χ4n) is 1.54. The molecule has 0 spiro atoms. The number of amides is 1. The molecule has 1 atom stereocenters. The Bertz CT molecular complexity index is 552. The van der Waals surface area contributed by atoms with E-state index in [-0.39, 0.29) is 17.7 Å². The number of rotatable bonds is 3. The molecule has 2 aromatic rings. The van der Waals surface area contributed by atoms with Crippen molar-refractivity contribution in [3.05, 3.63) is 58.0 Å². The van der Waals surface area contributed by atoms with Crippen LogP contribution in [0.5, 0.6) is 0 Å². The van der Waals surface area contributed by atoms with Gasteiger partial charge in [0.05, 0.1) is 22.4 Å². The van der Waals surface area contributed by atoms with E-state index in [1.54, 1.807) is 24.3 Å². The highest BCUT2D eigenvalue weighted by molar-refractivity contribution is 6.42. The van der Waals surface area contributed by atoms with Crippen LogP contribution in [0.1, 0.15) is 29.1 Å². The summed E-state index contributed by atoms with van der Waals surface area (Å²) in [6.45, 7) is 1.86. The van der Waals surface area contributed by atoms with Crippen molar-refractivity contribution in [1.29, 1.82) is 0 Å². The van der Waals surface area contributed by atoms with E-state index < -0.39 is 0 Å². The minimum atomic E-state index is -0.265. The second-order valence-corrected chi connectivity index (χ2v) is 4.66. The van der Waals surface area contributed by atoms with Crippen molar-refractivity contribution in [2.24, 2.45) is 0 Å². The molecule has 3 nitrogen and oxygen atoms in total. The zero-order chi connectivity index (χ0) is 13.1. The van der Waals surface area contributed by atoms with Gasteiger partial charge in [0.2, 0.25) is 0 Å². The first-order chi connectivity index (χ1) is 8.58. The second kappa shape index (κ2) is 5.46. The van der Waals surface area contributed by atoms with E-state index in [9.17, 15) is 4.79 Å². The number of hydrogen-bond acceptors (Lipinski definition) is 2. The number of carbonyl (C=O) groups excluding carboxylic acids is 1. The summed E-state index contributed by atoms with van der Waals surface area (Å²) in [5.41, 5.74) is 0.879. The molecule has 0 saturated heterocycles. The number of hydrogen-bond donors (Lipinski definition) is 1. The maximum Gasteiger partial charge on any atom is 0.287 e. The molecular weight excluding hydrogens is 273 g/mol. The van der Waals surface area contributed by atoms with Crippen molar-refractivity contribution in [1.82, 2.24) is 5.32 Å². The van der Waals surface area contributed by atoms with Crippen LogP contribution in [0.2, 0.25) is 10.0 Å². The van der Waals surface area contributed by atoms with Crippen LogP contribution in [0.3, 0.4) is 0 Å². The molecule has 1 aromatic carbocycles. The molecule has 94 valence electrons. The number of carbonyl (C=O) groups is 1. The highest BCUT2D eigenvalue weighted by Crippen LogP contribution is 2.25. The summed E-state index contributed by atoms with van der Waals surface area (Å²) in [5, 5.41) is 3.77. The Morgan fingerprint density at radius 3 is 2.67 bits per heavy atom. The van der Waals surface area contributed by atoms with Crippen LogP contribution in [0.25, 0.3) is 0 Å². The van der Waals surface area contributed by atoms with Gasteiger partial charge in [0.25, 0.3) is 5.91 Å². The monoisotopic (exact) mass is 283 g/mol. The van der Waals surface area contributed by atoms with Gasteiger partial charge in [-0.2, -0.15) is 0 Å². The SMILES string of the molecule is C[C@@H](NC(=O)c1ccco1)c1ccc(Cl)c(Cl)c1. The fourth-order valence-corrected chi connectivity index (χ4v) is 1.85.